The summed E-state index contributed by atoms with van der Waals surface area (Å²) in [5.74, 6) is 2.79. The summed E-state index contributed by atoms with van der Waals surface area (Å²) < 4.78 is 7.34. The van der Waals surface area contributed by atoms with Gasteiger partial charge in [-0.05, 0) is 63.5 Å². The van der Waals surface area contributed by atoms with Crippen molar-refractivity contribution in [2.75, 3.05) is 12.4 Å². The average molecular weight is 420 g/mol. The van der Waals surface area contributed by atoms with Crippen molar-refractivity contribution in [2.45, 2.75) is 18.8 Å². The van der Waals surface area contributed by atoms with Crippen LogP contribution in [0.25, 0.3) is 11.6 Å². The second kappa shape index (κ2) is 4.80. The summed E-state index contributed by atoms with van der Waals surface area (Å²) >= 11 is 5.61. The summed E-state index contributed by atoms with van der Waals surface area (Å²) in [6.45, 7) is 0. The number of halogens is 2. The molecule has 0 atom stereocenters. The van der Waals surface area contributed by atoms with Gasteiger partial charge in [0, 0.05) is 13.0 Å². The molecular formula is C12H11BrIN3O. The molecule has 1 aliphatic carbocycles. The Morgan fingerprint density at radius 2 is 2.17 bits per heavy atom. The standard InChI is InChI=1S/C12H11BrIN3O/c1-15-12-9(14)10(6-2-3-6)16-11(17-12)7-4-5-8(13)18-7/h4-6H,2-3H2,1H3,(H,15,16,17). The van der Waals surface area contributed by atoms with Gasteiger partial charge in [0.2, 0.25) is 0 Å². The summed E-state index contributed by atoms with van der Waals surface area (Å²) in [6.07, 6.45) is 2.44. The van der Waals surface area contributed by atoms with Crippen molar-refractivity contribution >= 4 is 44.3 Å². The van der Waals surface area contributed by atoms with Crippen molar-refractivity contribution in [2.24, 2.45) is 0 Å². The first-order valence-corrected chi connectivity index (χ1v) is 7.57. The van der Waals surface area contributed by atoms with Crippen molar-refractivity contribution in [3.05, 3.63) is 26.1 Å². The summed E-state index contributed by atoms with van der Waals surface area (Å²) in [7, 11) is 1.88. The minimum Gasteiger partial charge on any atom is -0.446 e. The molecule has 2 aromatic heterocycles. The monoisotopic (exact) mass is 419 g/mol. The van der Waals surface area contributed by atoms with Crippen LogP contribution in [0.2, 0.25) is 0 Å². The van der Waals surface area contributed by atoms with Crippen LogP contribution in [0.4, 0.5) is 5.82 Å². The Balaban J connectivity index is 2.12. The zero-order valence-corrected chi connectivity index (χ0v) is 13.4. The zero-order chi connectivity index (χ0) is 12.7. The van der Waals surface area contributed by atoms with Crippen LogP contribution in [0.15, 0.2) is 21.2 Å². The van der Waals surface area contributed by atoms with Gasteiger partial charge < -0.3 is 9.73 Å². The van der Waals surface area contributed by atoms with Crippen LogP contribution in [0.5, 0.6) is 0 Å². The molecule has 4 nitrogen and oxygen atoms in total. The normalized spacial score (nSPS) is 14.8. The highest BCUT2D eigenvalue weighted by Crippen LogP contribution is 2.43. The number of anilines is 1. The molecule has 0 amide bonds. The van der Waals surface area contributed by atoms with Gasteiger partial charge in [0.05, 0.1) is 9.26 Å². The van der Waals surface area contributed by atoms with Crippen LogP contribution in [-0.2, 0) is 0 Å². The van der Waals surface area contributed by atoms with Crippen molar-refractivity contribution < 1.29 is 4.42 Å². The van der Waals surface area contributed by atoms with Crippen LogP contribution >= 0.6 is 38.5 Å². The molecule has 0 aromatic carbocycles. The highest BCUT2D eigenvalue weighted by molar-refractivity contribution is 14.1. The molecule has 1 saturated carbocycles. The molecular weight excluding hydrogens is 409 g/mol. The van der Waals surface area contributed by atoms with Crippen molar-refractivity contribution in [3.63, 3.8) is 0 Å². The van der Waals surface area contributed by atoms with Gasteiger partial charge in [-0.25, -0.2) is 9.97 Å². The Morgan fingerprint density at radius 3 is 2.72 bits per heavy atom. The molecule has 94 valence electrons. The van der Waals surface area contributed by atoms with Gasteiger partial charge in [0.1, 0.15) is 5.82 Å². The molecule has 3 rings (SSSR count). The highest BCUT2D eigenvalue weighted by Gasteiger charge is 2.29. The third-order valence-corrected chi connectivity index (χ3v) is 4.36. The summed E-state index contributed by atoms with van der Waals surface area (Å²) in [5.41, 5.74) is 1.14. The minimum absolute atomic E-state index is 0.587. The Hall–Kier alpha value is -0.630. The van der Waals surface area contributed by atoms with Crippen molar-refractivity contribution in [1.82, 2.24) is 9.97 Å². The predicted octanol–water partition coefficient (Wildman–Crippen LogP) is 4.02. The van der Waals surface area contributed by atoms with Gasteiger partial charge in [-0.15, -0.1) is 0 Å². The van der Waals surface area contributed by atoms with Gasteiger partial charge in [-0.3, -0.25) is 0 Å². The summed E-state index contributed by atoms with van der Waals surface area (Å²) in [6, 6.07) is 3.73. The van der Waals surface area contributed by atoms with Gasteiger partial charge >= 0.3 is 0 Å². The number of nitrogens with zero attached hydrogens (tertiary/aromatic N) is 2. The van der Waals surface area contributed by atoms with E-state index in [4.69, 9.17) is 4.42 Å². The smallest absolute Gasteiger partial charge is 0.197 e. The fraction of sp³-hybridized carbons (Fsp3) is 0.333. The first kappa shape index (κ1) is 12.4. The molecule has 1 aliphatic rings. The highest BCUT2D eigenvalue weighted by atomic mass is 127. The van der Waals surface area contributed by atoms with Crippen LogP contribution < -0.4 is 5.32 Å². The molecule has 18 heavy (non-hydrogen) atoms. The third-order valence-electron chi connectivity index (χ3n) is 2.87. The van der Waals surface area contributed by atoms with Gasteiger partial charge in [-0.2, -0.15) is 0 Å². The van der Waals surface area contributed by atoms with E-state index < -0.39 is 0 Å². The molecule has 1 fully saturated rings. The molecule has 0 unspecified atom stereocenters. The van der Waals surface area contributed by atoms with E-state index >= 15 is 0 Å². The Morgan fingerprint density at radius 1 is 1.39 bits per heavy atom. The first-order chi connectivity index (χ1) is 8.69. The molecule has 1 N–H and O–H groups in total. The topological polar surface area (TPSA) is 51.0 Å². The van der Waals surface area contributed by atoms with Gasteiger partial charge in [0.25, 0.3) is 0 Å². The van der Waals surface area contributed by atoms with Crippen molar-refractivity contribution in [1.29, 1.82) is 0 Å². The number of aromatic nitrogens is 2. The van der Waals surface area contributed by atoms with E-state index in [1.807, 2.05) is 19.2 Å². The second-order valence-corrected chi connectivity index (χ2v) is 6.08. The van der Waals surface area contributed by atoms with Crippen LogP contribution in [-0.4, -0.2) is 17.0 Å². The first-order valence-electron chi connectivity index (χ1n) is 5.70. The quantitative estimate of drug-likeness (QED) is 0.763. The maximum atomic E-state index is 5.53. The predicted molar refractivity (Wildman–Crippen MR) is 81.7 cm³/mol. The Kier molecular flexibility index (Phi) is 3.31. The molecule has 0 aliphatic heterocycles. The van der Waals surface area contributed by atoms with E-state index in [9.17, 15) is 0 Å². The summed E-state index contributed by atoms with van der Waals surface area (Å²) in [4.78, 5) is 9.15. The lowest BCUT2D eigenvalue weighted by molar-refractivity contribution is 0.551. The molecule has 2 aromatic rings. The average Bonchev–Trinajstić information content (AvgIpc) is 3.12. The molecule has 0 saturated heterocycles. The third kappa shape index (κ3) is 2.27. The molecule has 0 bridgehead atoms. The Bertz CT molecular complexity index is 595. The fourth-order valence-electron chi connectivity index (χ4n) is 1.80. The molecule has 0 radical (unpaired) electrons. The van der Waals surface area contributed by atoms with E-state index in [-0.39, 0.29) is 0 Å². The number of rotatable bonds is 3. The maximum Gasteiger partial charge on any atom is 0.197 e. The zero-order valence-electron chi connectivity index (χ0n) is 9.70. The van der Waals surface area contributed by atoms with Crippen LogP contribution in [0.3, 0.4) is 0 Å². The van der Waals surface area contributed by atoms with E-state index in [1.165, 1.54) is 12.8 Å². The van der Waals surface area contributed by atoms with E-state index in [0.717, 1.165) is 15.1 Å². The Labute approximate surface area is 127 Å². The van der Waals surface area contributed by atoms with E-state index in [1.54, 1.807) is 0 Å². The lowest BCUT2D eigenvalue weighted by Crippen LogP contribution is -2.04. The van der Waals surface area contributed by atoms with E-state index in [2.05, 4.69) is 53.8 Å². The summed E-state index contributed by atoms with van der Waals surface area (Å²) in [5, 5.41) is 3.12. The molecule has 2 heterocycles. The number of hydrogen-bond donors (Lipinski definition) is 1. The lowest BCUT2D eigenvalue weighted by atomic mass is 10.2. The number of furan rings is 1. The molecule has 0 spiro atoms. The van der Waals surface area contributed by atoms with Crippen LogP contribution in [0, 0.1) is 3.57 Å². The lowest BCUT2D eigenvalue weighted by Gasteiger charge is -2.09. The maximum absolute atomic E-state index is 5.53. The minimum atomic E-state index is 0.587. The van der Waals surface area contributed by atoms with Gasteiger partial charge in [0.15, 0.2) is 16.3 Å². The largest absolute Gasteiger partial charge is 0.446 e. The van der Waals surface area contributed by atoms with Crippen molar-refractivity contribution in [3.8, 4) is 11.6 Å². The second-order valence-electron chi connectivity index (χ2n) is 4.22. The fourth-order valence-corrected chi connectivity index (χ4v) is 3.06. The van der Waals surface area contributed by atoms with E-state index in [0.29, 0.717) is 22.2 Å². The number of hydrogen-bond acceptors (Lipinski definition) is 4. The molecule has 6 heteroatoms. The SMILES string of the molecule is CNc1nc(-c2ccc(Br)o2)nc(C2CC2)c1I. The van der Waals surface area contributed by atoms with Gasteiger partial charge in [-0.1, -0.05) is 0 Å². The van der Waals surface area contributed by atoms with Crippen LogP contribution in [0.1, 0.15) is 24.5 Å². The number of nitrogens with one attached hydrogen (secondary N) is 1.